The highest BCUT2D eigenvalue weighted by Gasteiger charge is 2.19. The fourth-order valence-electron chi connectivity index (χ4n) is 2.15. The third-order valence-electron chi connectivity index (χ3n) is 3.28. The van der Waals surface area contributed by atoms with Crippen LogP contribution in [0.3, 0.4) is 0 Å². The van der Waals surface area contributed by atoms with Crippen molar-refractivity contribution in [1.82, 2.24) is 5.43 Å². The van der Waals surface area contributed by atoms with Crippen LogP contribution < -0.4 is 10.2 Å². The number of carbonyl (C=O) groups is 1. The van der Waals surface area contributed by atoms with Gasteiger partial charge in [-0.15, -0.1) is 0 Å². The van der Waals surface area contributed by atoms with Crippen LogP contribution in [0, 0.1) is 0 Å². The van der Waals surface area contributed by atoms with Crippen molar-refractivity contribution in [1.29, 1.82) is 0 Å². The number of amides is 1. The average molecular weight is 403 g/mol. The molecule has 0 heterocycles. The van der Waals surface area contributed by atoms with Gasteiger partial charge in [-0.2, -0.15) is 5.10 Å². The van der Waals surface area contributed by atoms with E-state index in [4.69, 9.17) is 9.47 Å². The first-order valence-corrected chi connectivity index (χ1v) is 8.39. The van der Waals surface area contributed by atoms with E-state index in [9.17, 15) is 4.79 Å². The van der Waals surface area contributed by atoms with Crippen molar-refractivity contribution < 1.29 is 14.3 Å². The first-order valence-electron chi connectivity index (χ1n) is 7.59. The standard InChI is InChI=1S/C19H19BrN2O3/c1-3-11-25-17-10-9-16(20)12-15(17)13-21-22-19(23)18(24-2)14-7-5-4-6-8-14/h3-10,12-13,18H,1,11H2,2H3,(H,22,23)/b21-13-/t18-/m0/s1. The number of carbonyl (C=O) groups excluding carboxylic acids is 1. The largest absolute Gasteiger partial charge is 0.489 e. The summed E-state index contributed by atoms with van der Waals surface area (Å²) < 4.78 is 11.7. The van der Waals surface area contributed by atoms with Crippen molar-refractivity contribution >= 4 is 28.1 Å². The summed E-state index contributed by atoms with van der Waals surface area (Å²) in [6, 6.07) is 14.8. The van der Waals surface area contributed by atoms with Crippen LogP contribution >= 0.6 is 15.9 Å². The molecule has 0 aliphatic heterocycles. The fraction of sp³-hybridized carbons (Fsp3) is 0.158. The summed E-state index contributed by atoms with van der Waals surface area (Å²) in [5.74, 6) is 0.293. The van der Waals surface area contributed by atoms with Crippen LogP contribution in [0.4, 0.5) is 0 Å². The highest BCUT2D eigenvalue weighted by molar-refractivity contribution is 9.10. The van der Waals surface area contributed by atoms with Crippen molar-refractivity contribution in [3.8, 4) is 5.75 Å². The molecule has 0 unspecified atom stereocenters. The Balaban J connectivity index is 2.08. The lowest BCUT2D eigenvalue weighted by Crippen LogP contribution is -2.26. The van der Waals surface area contributed by atoms with Gasteiger partial charge in [0.1, 0.15) is 12.4 Å². The molecule has 0 spiro atoms. The average Bonchev–Trinajstić information content (AvgIpc) is 2.62. The lowest BCUT2D eigenvalue weighted by atomic mass is 10.1. The monoisotopic (exact) mass is 402 g/mol. The molecule has 6 heteroatoms. The summed E-state index contributed by atoms with van der Waals surface area (Å²) in [7, 11) is 1.48. The number of hydrazone groups is 1. The Morgan fingerprint density at radius 2 is 2.08 bits per heavy atom. The van der Waals surface area contributed by atoms with Crippen molar-refractivity contribution in [2.75, 3.05) is 13.7 Å². The van der Waals surface area contributed by atoms with E-state index in [1.165, 1.54) is 13.3 Å². The van der Waals surface area contributed by atoms with Gasteiger partial charge in [0.25, 0.3) is 5.91 Å². The zero-order chi connectivity index (χ0) is 18.1. The van der Waals surface area contributed by atoms with Crippen LogP contribution in [-0.2, 0) is 9.53 Å². The molecule has 0 bridgehead atoms. The molecule has 2 rings (SSSR count). The number of benzene rings is 2. The van der Waals surface area contributed by atoms with Crippen LogP contribution in [-0.4, -0.2) is 25.8 Å². The maximum absolute atomic E-state index is 12.3. The third-order valence-corrected chi connectivity index (χ3v) is 3.78. The van der Waals surface area contributed by atoms with Crippen LogP contribution in [0.15, 0.2) is 70.8 Å². The number of halogens is 1. The van der Waals surface area contributed by atoms with E-state index in [0.29, 0.717) is 12.4 Å². The van der Waals surface area contributed by atoms with Crippen molar-refractivity contribution in [3.63, 3.8) is 0 Å². The zero-order valence-electron chi connectivity index (χ0n) is 13.8. The van der Waals surface area contributed by atoms with Crippen molar-refractivity contribution in [2.24, 2.45) is 5.10 Å². The Morgan fingerprint density at radius 1 is 1.32 bits per heavy atom. The molecule has 0 fully saturated rings. The highest BCUT2D eigenvalue weighted by atomic mass is 79.9. The van der Waals surface area contributed by atoms with Crippen LogP contribution in [0.25, 0.3) is 0 Å². The predicted octanol–water partition coefficient (Wildman–Crippen LogP) is 3.85. The van der Waals surface area contributed by atoms with E-state index in [1.54, 1.807) is 6.08 Å². The first-order chi connectivity index (χ1) is 12.2. The smallest absolute Gasteiger partial charge is 0.273 e. The summed E-state index contributed by atoms with van der Waals surface area (Å²) >= 11 is 3.41. The Hall–Kier alpha value is -2.44. The lowest BCUT2D eigenvalue weighted by molar-refractivity contribution is -0.131. The summed E-state index contributed by atoms with van der Waals surface area (Å²) in [4.78, 5) is 12.3. The molecule has 0 aliphatic rings. The first kappa shape index (κ1) is 18.9. The molecule has 2 aromatic carbocycles. The molecule has 1 N–H and O–H groups in total. The van der Waals surface area contributed by atoms with E-state index in [1.807, 2.05) is 48.5 Å². The van der Waals surface area contributed by atoms with Gasteiger partial charge in [-0.1, -0.05) is 58.9 Å². The third kappa shape index (κ3) is 5.55. The summed E-state index contributed by atoms with van der Waals surface area (Å²) in [5.41, 5.74) is 3.98. The van der Waals surface area contributed by atoms with Gasteiger partial charge in [0.05, 0.1) is 6.21 Å². The molecule has 0 radical (unpaired) electrons. The van der Waals surface area contributed by atoms with E-state index in [0.717, 1.165) is 15.6 Å². The van der Waals surface area contributed by atoms with Gasteiger partial charge in [0.15, 0.2) is 6.10 Å². The number of ether oxygens (including phenoxy) is 2. The van der Waals surface area contributed by atoms with Crippen LogP contribution in [0.5, 0.6) is 5.75 Å². The van der Waals surface area contributed by atoms with Crippen molar-refractivity contribution in [3.05, 3.63) is 76.8 Å². The zero-order valence-corrected chi connectivity index (χ0v) is 15.4. The van der Waals surface area contributed by atoms with Gasteiger partial charge in [-0.3, -0.25) is 4.79 Å². The number of nitrogens with one attached hydrogen (secondary N) is 1. The van der Waals surface area contributed by atoms with Gasteiger partial charge in [0, 0.05) is 17.1 Å². The van der Waals surface area contributed by atoms with E-state index in [-0.39, 0.29) is 5.91 Å². The maximum Gasteiger partial charge on any atom is 0.273 e. The van der Waals surface area contributed by atoms with Gasteiger partial charge in [-0.05, 0) is 23.8 Å². The molecule has 1 amide bonds. The van der Waals surface area contributed by atoms with Gasteiger partial charge < -0.3 is 9.47 Å². The molecule has 1 atom stereocenters. The van der Waals surface area contributed by atoms with E-state index >= 15 is 0 Å². The van der Waals surface area contributed by atoms with Crippen LogP contribution in [0.2, 0.25) is 0 Å². The number of nitrogens with zero attached hydrogens (tertiary/aromatic N) is 1. The fourth-order valence-corrected chi connectivity index (χ4v) is 2.53. The molecule has 25 heavy (non-hydrogen) atoms. The van der Waals surface area contributed by atoms with Crippen LogP contribution in [0.1, 0.15) is 17.2 Å². The minimum Gasteiger partial charge on any atom is -0.489 e. The molecule has 0 aliphatic carbocycles. The highest BCUT2D eigenvalue weighted by Crippen LogP contribution is 2.22. The van der Waals surface area contributed by atoms with Gasteiger partial charge in [-0.25, -0.2) is 5.43 Å². The number of rotatable bonds is 8. The summed E-state index contributed by atoms with van der Waals surface area (Å²) in [6.45, 7) is 4.01. The van der Waals surface area contributed by atoms with Gasteiger partial charge >= 0.3 is 0 Å². The number of hydrogen-bond acceptors (Lipinski definition) is 4. The SMILES string of the molecule is C=CCOc1ccc(Br)cc1/C=N\NC(=O)[C@@H](OC)c1ccccc1. The molecule has 0 aromatic heterocycles. The quantitative estimate of drug-likeness (QED) is 0.414. The number of methoxy groups -OCH3 is 1. The predicted molar refractivity (Wildman–Crippen MR) is 102 cm³/mol. The second-order valence-electron chi connectivity index (χ2n) is 5.04. The number of hydrogen-bond donors (Lipinski definition) is 1. The van der Waals surface area contributed by atoms with E-state index in [2.05, 4.69) is 33.0 Å². The Bertz CT molecular complexity index is 748. The molecule has 130 valence electrons. The van der Waals surface area contributed by atoms with Gasteiger partial charge in [0.2, 0.25) is 0 Å². The molecular weight excluding hydrogens is 384 g/mol. The second kappa shape index (κ2) is 9.76. The summed E-state index contributed by atoms with van der Waals surface area (Å²) in [6.07, 6.45) is 2.46. The van der Waals surface area contributed by atoms with Crippen molar-refractivity contribution in [2.45, 2.75) is 6.10 Å². The Labute approximate surface area is 155 Å². The Kier molecular flexibility index (Phi) is 7.37. The molecule has 0 saturated heterocycles. The molecule has 0 saturated carbocycles. The minimum absolute atomic E-state index is 0.353. The second-order valence-corrected chi connectivity index (χ2v) is 5.96. The lowest BCUT2D eigenvalue weighted by Gasteiger charge is -2.13. The summed E-state index contributed by atoms with van der Waals surface area (Å²) in [5, 5.41) is 4.01. The minimum atomic E-state index is -0.725. The maximum atomic E-state index is 12.3. The molecular formula is C19H19BrN2O3. The molecule has 5 nitrogen and oxygen atoms in total. The molecule has 2 aromatic rings. The Morgan fingerprint density at radius 3 is 2.76 bits per heavy atom. The van der Waals surface area contributed by atoms with E-state index < -0.39 is 6.10 Å². The normalized spacial score (nSPS) is 11.9. The topological polar surface area (TPSA) is 59.9 Å².